The van der Waals surface area contributed by atoms with Gasteiger partial charge in [0.2, 0.25) is 0 Å². The largest absolute Gasteiger partial charge is 0.314 e. The molecule has 0 aliphatic heterocycles. The predicted octanol–water partition coefficient (Wildman–Crippen LogP) is 3.51. The first kappa shape index (κ1) is 11.8. The Hall–Kier alpha value is -0.300. The van der Waals surface area contributed by atoms with Crippen LogP contribution in [-0.2, 0) is 0 Å². The maximum atomic E-state index is 3.54. The number of rotatable bonds is 7. The fourth-order valence-corrected chi connectivity index (χ4v) is 1.97. The lowest BCUT2D eigenvalue weighted by atomic mass is 9.94. The molecule has 1 aliphatic carbocycles. The second kappa shape index (κ2) is 6.23. The summed E-state index contributed by atoms with van der Waals surface area (Å²) in [6.45, 7) is 8.03. The molecule has 1 fully saturated rings. The average Bonchev–Trinajstić information content (AvgIpc) is 2.98. The molecule has 1 aliphatic rings. The van der Waals surface area contributed by atoms with Gasteiger partial charge in [-0.25, -0.2) is 0 Å². The van der Waals surface area contributed by atoms with Gasteiger partial charge in [-0.05, 0) is 51.5 Å². The van der Waals surface area contributed by atoms with E-state index in [9.17, 15) is 0 Å². The molecule has 1 nitrogen and oxygen atoms in total. The fourth-order valence-electron chi connectivity index (χ4n) is 1.97. The van der Waals surface area contributed by atoms with Crippen LogP contribution in [-0.4, -0.2) is 12.6 Å². The van der Waals surface area contributed by atoms with Crippen molar-refractivity contribution in [3.8, 4) is 0 Å². The first-order valence-corrected chi connectivity index (χ1v) is 6.18. The summed E-state index contributed by atoms with van der Waals surface area (Å²) in [6.07, 6.45) is 9.00. The molecule has 0 amide bonds. The van der Waals surface area contributed by atoms with E-state index in [0.29, 0.717) is 0 Å². The van der Waals surface area contributed by atoms with Crippen molar-refractivity contribution in [2.24, 2.45) is 5.92 Å². The monoisotopic (exact) mass is 195 g/mol. The SMILES string of the molecule is CCC(CC)C(C)=CCCNC1CC1. The first-order valence-electron chi connectivity index (χ1n) is 6.18. The van der Waals surface area contributed by atoms with Crippen molar-refractivity contribution >= 4 is 0 Å². The van der Waals surface area contributed by atoms with Crippen LogP contribution in [0.1, 0.15) is 52.9 Å². The highest BCUT2D eigenvalue weighted by molar-refractivity contribution is 5.03. The Labute approximate surface area is 89.0 Å². The van der Waals surface area contributed by atoms with E-state index in [0.717, 1.165) is 12.0 Å². The molecular formula is C13H25N. The molecule has 0 heterocycles. The van der Waals surface area contributed by atoms with Gasteiger partial charge in [-0.3, -0.25) is 0 Å². The molecule has 1 saturated carbocycles. The van der Waals surface area contributed by atoms with Crippen LogP contribution in [0.2, 0.25) is 0 Å². The van der Waals surface area contributed by atoms with Crippen LogP contribution in [0.25, 0.3) is 0 Å². The van der Waals surface area contributed by atoms with Gasteiger partial charge in [-0.1, -0.05) is 25.5 Å². The van der Waals surface area contributed by atoms with Gasteiger partial charge in [0.05, 0.1) is 0 Å². The summed E-state index contributed by atoms with van der Waals surface area (Å²) < 4.78 is 0. The van der Waals surface area contributed by atoms with Gasteiger partial charge in [0.1, 0.15) is 0 Å². The zero-order valence-electron chi connectivity index (χ0n) is 9.97. The summed E-state index contributed by atoms with van der Waals surface area (Å²) >= 11 is 0. The Bertz CT molecular complexity index is 176. The zero-order chi connectivity index (χ0) is 10.4. The molecule has 1 N–H and O–H groups in total. The van der Waals surface area contributed by atoms with Crippen molar-refractivity contribution in [1.82, 2.24) is 5.32 Å². The molecule has 0 spiro atoms. The number of hydrogen-bond acceptors (Lipinski definition) is 1. The third-order valence-corrected chi connectivity index (χ3v) is 3.25. The molecule has 1 rings (SSSR count). The molecule has 82 valence electrons. The zero-order valence-corrected chi connectivity index (χ0v) is 9.97. The van der Waals surface area contributed by atoms with Crippen LogP contribution in [0, 0.1) is 5.92 Å². The van der Waals surface area contributed by atoms with Gasteiger partial charge in [-0.2, -0.15) is 0 Å². The van der Waals surface area contributed by atoms with Crippen LogP contribution in [0.3, 0.4) is 0 Å². The Balaban J connectivity index is 2.12. The van der Waals surface area contributed by atoms with E-state index >= 15 is 0 Å². The Morgan fingerprint density at radius 2 is 2.00 bits per heavy atom. The minimum Gasteiger partial charge on any atom is -0.314 e. The average molecular weight is 195 g/mol. The smallest absolute Gasteiger partial charge is 0.00683 e. The van der Waals surface area contributed by atoms with Crippen molar-refractivity contribution in [2.75, 3.05) is 6.54 Å². The maximum absolute atomic E-state index is 3.54. The van der Waals surface area contributed by atoms with Crippen LogP contribution in [0.5, 0.6) is 0 Å². The third-order valence-electron chi connectivity index (χ3n) is 3.25. The highest BCUT2D eigenvalue weighted by Crippen LogP contribution is 2.20. The second-order valence-corrected chi connectivity index (χ2v) is 4.48. The summed E-state index contributed by atoms with van der Waals surface area (Å²) in [7, 11) is 0. The topological polar surface area (TPSA) is 12.0 Å². The number of hydrogen-bond donors (Lipinski definition) is 1. The van der Waals surface area contributed by atoms with E-state index < -0.39 is 0 Å². The number of nitrogens with one attached hydrogen (secondary N) is 1. The summed E-state index contributed by atoms with van der Waals surface area (Å²) in [4.78, 5) is 0. The van der Waals surface area contributed by atoms with Crippen molar-refractivity contribution in [2.45, 2.75) is 58.9 Å². The van der Waals surface area contributed by atoms with Gasteiger partial charge >= 0.3 is 0 Å². The third kappa shape index (κ3) is 4.28. The van der Waals surface area contributed by atoms with Gasteiger partial charge < -0.3 is 5.32 Å². The minimum atomic E-state index is 0.816. The highest BCUT2D eigenvalue weighted by atomic mass is 14.9. The van der Waals surface area contributed by atoms with Crippen molar-refractivity contribution < 1.29 is 0 Å². The molecule has 0 aromatic heterocycles. The van der Waals surface area contributed by atoms with E-state index in [1.54, 1.807) is 5.57 Å². The molecule has 0 aromatic rings. The number of allylic oxidation sites excluding steroid dienone is 1. The van der Waals surface area contributed by atoms with Crippen LogP contribution < -0.4 is 5.32 Å². The summed E-state index contributed by atoms with van der Waals surface area (Å²) in [5.74, 6) is 0.816. The Kier molecular flexibility index (Phi) is 5.24. The normalized spacial score (nSPS) is 17.9. The Morgan fingerprint density at radius 3 is 2.50 bits per heavy atom. The van der Waals surface area contributed by atoms with Crippen molar-refractivity contribution in [3.63, 3.8) is 0 Å². The lowest BCUT2D eigenvalue weighted by molar-refractivity contribution is 0.567. The molecule has 0 saturated heterocycles. The van der Waals surface area contributed by atoms with Crippen LogP contribution in [0.4, 0.5) is 0 Å². The minimum absolute atomic E-state index is 0.816. The molecule has 0 bridgehead atoms. The molecule has 1 heteroatoms. The van der Waals surface area contributed by atoms with E-state index in [4.69, 9.17) is 0 Å². The van der Waals surface area contributed by atoms with E-state index in [-0.39, 0.29) is 0 Å². The standard InChI is InChI=1S/C13H25N/c1-4-12(5-2)11(3)7-6-10-14-13-8-9-13/h7,12-14H,4-6,8-10H2,1-3H3. The summed E-state index contributed by atoms with van der Waals surface area (Å²) in [5.41, 5.74) is 1.59. The van der Waals surface area contributed by atoms with E-state index in [2.05, 4.69) is 32.2 Å². The molecule has 0 unspecified atom stereocenters. The van der Waals surface area contributed by atoms with Crippen molar-refractivity contribution in [1.29, 1.82) is 0 Å². The second-order valence-electron chi connectivity index (χ2n) is 4.48. The Morgan fingerprint density at radius 1 is 1.36 bits per heavy atom. The molecule has 0 atom stereocenters. The van der Waals surface area contributed by atoms with E-state index in [1.165, 1.54) is 38.6 Å². The van der Waals surface area contributed by atoms with Gasteiger partial charge in [0, 0.05) is 6.04 Å². The predicted molar refractivity (Wildman–Crippen MR) is 63.5 cm³/mol. The molecule has 0 aromatic carbocycles. The van der Waals surface area contributed by atoms with Crippen molar-refractivity contribution in [3.05, 3.63) is 11.6 Å². The van der Waals surface area contributed by atoms with Gasteiger partial charge in [0.15, 0.2) is 0 Å². The maximum Gasteiger partial charge on any atom is 0.00683 e. The molecular weight excluding hydrogens is 170 g/mol. The van der Waals surface area contributed by atoms with E-state index in [1.807, 2.05) is 0 Å². The van der Waals surface area contributed by atoms with Crippen LogP contribution in [0.15, 0.2) is 11.6 Å². The van der Waals surface area contributed by atoms with Gasteiger partial charge in [0.25, 0.3) is 0 Å². The first-order chi connectivity index (χ1) is 6.77. The lowest BCUT2D eigenvalue weighted by Gasteiger charge is -2.12. The lowest BCUT2D eigenvalue weighted by Crippen LogP contribution is -2.16. The molecule has 0 radical (unpaired) electrons. The molecule has 14 heavy (non-hydrogen) atoms. The summed E-state index contributed by atoms with van der Waals surface area (Å²) in [6, 6.07) is 0.858. The quantitative estimate of drug-likeness (QED) is 0.484. The van der Waals surface area contributed by atoms with Gasteiger partial charge in [-0.15, -0.1) is 0 Å². The van der Waals surface area contributed by atoms with Crippen LogP contribution >= 0.6 is 0 Å². The summed E-state index contributed by atoms with van der Waals surface area (Å²) in [5, 5.41) is 3.54. The fraction of sp³-hybridized carbons (Fsp3) is 0.846. The highest BCUT2D eigenvalue weighted by Gasteiger charge is 2.19.